The predicted octanol–water partition coefficient (Wildman–Crippen LogP) is 1.85. The summed E-state index contributed by atoms with van der Waals surface area (Å²) in [5, 5.41) is 0. The van der Waals surface area contributed by atoms with Gasteiger partial charge in [0.25, 0.3) is 0 Å². The predicted molar refractivity (Wildman–Crippen MR) is 104 cm³/mol. The van der Waals surface area contributed by atoms with Crippen LogP contribution in [-0.4, -0.2) is 70.2 Å². The van der Waals surface area contributed by atoms with E-state index in [0.29, 0.717) is 23.4 Å². The number of piperazine rings is 1. The van der Waals surface area contributed by atoms with Crippen LogP contribution in [0.4, 0.5) is 5.95 Å². The Labute approximate surface area is 164 Å². The first-order chi connectivity index (χ1) is 13.2. The van der Waals surface area contributed by atoms with Crippen LogP contribution in [0, 0.1) is 0 Å². The van der Waals surface area contributed by atoms with Crippen LogP contribution in [0.25, 0.3) is 11.2 Å². The molecule has 1 N–H and O–H groups in total. The van der Waals surface area contributed by atoms with E-state index in [9.17, 15) is 0 Å². The number of H-pyrrole nitrogens is 1. The maximum atomic E-state index is 5.26. The smallest absolute Gasteiger partial charge is 0.232 e. The molecule has 1 aliphatic heterocycles. The van der Waals surface area contributed by atoms with Gasteiger partial charge >= 0.3 is 0 Å². The second-order valence-corrected chi connectivity index (χ2v) is 7.05. The molecule has 27 heavy (non-hydrogen) atoms. The molecule has 0 amide bonds. The molecule has 0 radical (unpaired) electrons. The fraction of sp³-hybridized carbons (Fsp3) is 0.412. The quantitative estimate of drug-likeness (QED) is 0.651. The highest BCUT2D eigenvalue weighted by Crippen LogP contribution is 2.24. The molecular weight excluding hydrogens is 414 g/mol. The fourth-order valence-electron chi connectivity index (χ4n) is 3.07. The Morgan fingerprint density at radius 2 is 1.89 bits per heavy atom. The van der Waals surface area contributed by atoms with Crippen LogP contribution in [-0.2, 0) is 6.54 Å². The molecule has 3 aromatic heterocycles. The fourth-order valence-corrected chi connectivity index (χ4v) is 3.42. The standard InChI is InChI=1S/C17H20BrN7O2/c1-26-14-4-3-12-15(22-14)21-13(20-12)10-24-5-7-25(8-6-24)17-19-9-11(18)16(23-17)27-2/h3-4,9H,5-8,10H2,1-2H3,(H,20,21,22). The van der Waals surface area contributed by atoms with Crippen molar-refractivity contribution in [2.75, 3.05) is 45.3 Å². The van der Waals surface area contributed by atoms with E-state index in [0.717, 1.165) is 48.5 Å². The Bertz CT molecular complexity index is 940. The van der Waals surface area contributed by atoms with Crippen molar-refractivity contribution in [3.8, 4) is 11.8 Å². The number of pyridine rings is 1. The van der Waals surface area contributed by atoms with Crippen LogP contribution < -0.4 is 14.4 Å². The van der Waals surface area contributed by atoms with Crippen molar-refractivity contribution in [1.29, 1.82) is 0 Å². The van der Waals surface area contributed by atoms with Crippen molar-refractivity contribution in [3.05, 3.63) is 28.6 Å². The van der Waals surface area contributed by atoms with Crippen LogP contribution in [0.2, 0.25) is 0 Å². The Kier molecular flexibility index (Phi) is 5.08. The van der Waals surface area contributed by atoms with Crippen molar-refractivity contribution in [2.45, 2.75) is 6.54 Å². The van der Waals surface area contributed by atoms with E-state index in [1.807, 2.05) is 12.1 Å². The maximum Gasteiger partial charge on any atom is 0.232 e. The number of ether oxygens (including phenoxy) is 2. The summed E-state index contributed by atoms with van der Waals surface area (Å²) in [4.78, 5) is 25.6. The molecule has 0 saturated carbocycles. The third-order valence-corrected chi connectivity index (χ3v) is 5.04. The zero-order valence-corrected chi connectivity index (χ0v) is 16.7. The summed E-state index contributed by atoms with van der Waals surface area (Å²) in [5.74, 6) is 2.71. The zero-order valence-electron chi connectivity index (χ0n) is 15.1. The number of hydrogen-bond donors (Lipinski definition) is 1. The number of rotatable bonds is 5. The van der Waals surface area contributed by atoms with E-state index in [-0.39, 0.29) is 0 Å². The molecule has 0 atom stereocenters. The van der Waals surface area contributed by atoms with Crippen LogP contribution >= 0.6 is 15.9 Å². The maximum absolute atomic E-state index is 5.26. The number of halogens is 1. The number of anilines is 1. The summed E-state index contributed by atoms with van der Waals surface area (Å²) >= 11 is 3.38. The number of methoxy groups -OCH3 is 2. The normalized spacial score (nSPS) is 15.3. The number of hydrogen-bond acceptors (Lipinski definition) is 8. The van der Waals surface area contributed by atoms with Gasteiger partial charge in [-0.15, -0.1) is 0 Å². The van der Waals surface area contributed by atoms with Gasteiger partial charge in [-0.2, -0.15) is 9.97 Å². The molecule has 0 aliphatic carbocycles. The summed E-state index contributed by atoms with van der Waals surface area (Å²) in [5.41, 5.74) is 1.60. The molecule has 1 saturated heterocycles. The van der Waals surface area contributed by atoms with Gasteiger partial charge in [0.05, 0.1) is 37.0 Å². The molecule has 1 fully saturated rings. The third kappa shape index (κ3) is 3.81. The van der Waals surface area contributed by atoms with Gasteiger partial charge in [0.15, 0.2) is 5.65 Å². The van der Waals surface area contributed by atoms with Gasteiger partial charge in [0.1, 0.15) is 5.82 Å². The molecule has 4 rings (SSSR count). The van der Waals surface area contributed by atoms with E-state index in [2.05, 4.69) is 50.6 Å². The number of aromatic amines is 1. The lowest BCUT2D eigenvalue weighted by atomic mass is 10.3. The van der Waals surface area contributed by atoms with Crippen LogP contribution in [0.15, 0.2) is 22.8 Å². The molecule has 1 aliphatic rings. The van der Waals surface area contributed by atoms with E-state index in [4.69, 9.17) is 9.47 Å². The number of nitrogens with zero attached hydrogens (tertiary/aromatic N) is 6. The Balaban J connectivity index is 1.39. The molecule has 0 bridgehead atoms. The summed E-state index contributed by atoms with van der Waals surface area (Å²) < 4.78 is 11.2. The van der Waals surface area contributed by atoms with Crippen LogP contribution in [0.1, 0.15) is 5.82 Å². The third-order valence-electron chi connectivity index (χ3n) is 4.50. The zero-order chi connectivity index (χ0) is 18.8. The first kappa shape index (κ1) is 17.9. The second kappa shape index (κ2) is 7.65. The lowest BCUT2D eigenvalue weighted by Gasteiger charge is -2.34. The van der Waals surface area contributed by atoms with Crippen molar-refractivity contribution in [2.24, 2.45) is 0 Å². The monoisotopic (exact) mass is 433 g/mol. The van der Waals surface area contributed by atoms with Crippen molar-refractivity contribution in [1.82, 2.24) is 29.8 Å². The van der Waals surface area contributed by atoms with Crippen LogP contribution in [0.5, 0.6) is 11.8 Å². The van der Waals surface area contributed by atoms with E-state index in [1.165, 1.54) is 0 Å². The van der Waals surface area contributed by atoms with E-state index in [1.54, 1.807) is 20.4 Å². The van der Waals surface area contributed by atoms with Crippen molar-refractivity contribution in [3.63, 3.8) is 0 Å². The first-order valence-corrected chi connectivity index (χ1v) is 9.39. The van der Waals surface area contributed by atoms with E-state index >= 15 is 0 Å². The van der Waals surface area contributed by atoms with E-state index < -0.39 is 0 Å². The summed E-state index contributed by atoms with van der Waals surface area (Å²) in [7, 11) is 3.21. The van der Waals surface area contributed by atoms with Gasteiger partial charge in [-0.1, -0.05) is 0 Å². The highest BCUT2D eigenvalue weighted by Gasteiger charge is 2.21. The highest BCUT2D eigenvalue weighted by molar-refractivity contribution is 9.10. The Morgan fingerprint density at radius 1 is 1.07 bits per heavy atom. The molecular formula is C17H20BrN7O2. The molecule has 9 nitrogen and oxygen atoms in total. The minimum absolute atomic E-state index is 0.549. The first-order valence-electron chi connectivity index (χ1n) is 8.59. The van der Waals surface area contributed by atoms with Gasteiger partial charge < -0.3 is 19.4 Å². The topological polar surface area (TPSA) is 92.3 Å². The largest absolute Gasteiger partial charge is 0.481 e. The minimum atomic E-state index is 0.549. The van der Waals surface area contributed by atoms with Gasteiger partial charge in [-0.25, -0.2) is 9.97 Å². The van der Waals surface area contributed by atoms with Crippen molar-refractivity contribution < 1.29 is 9.47 Å². The lowest BCUT2D eigenvalue weighted by molar-refractivity contribution is 0.243. The molecule has 4 heterocycles. The summed E-state index contributed by atoms with van der Waals surface area (Å²) in [6.07, 6.45) is 1.73. The Hall–Kier alpha value is -2.46. The van der Waals surface area contributed by atoms with Gasteiger partial charge in [0.2, 0.25) is 17.7 Å². The molecule has 10 heteroatoms. The molecule has 3 aromatic rings. The average molecular weight is 434 g/mol. The van der Waals surface area contributed by atoms with Gasteiger partial charge in [-0.3, -0.25) is 4.90 Å². The number of aromatic nitrogens is 5. The molecule has 142 valence electrons. The lowest BCUT2D eigenvalue weighted by Crippen LogP contribution is -2.46. The number of fused-ring (bicyclic) bond motifs is 1. The van der Waals surface area contributed by atoms with Crippen LogP contribution in [0.3, 0.4) is 0 Å². The molecule has 0 unspecified atom stereocenters. The SMILES string of the molecule is COc1ccc2[nH]c(CN3CCN(c4ncc(Br)c(OC)n4)CC3)nc2n1. The highest BCUT2D eigenvalue weighted by atomic mass is 79.9. The average Bonchev–Trinajstić information content (AvgIpc) is 3.10. The second-order valence-electron chi connectivity index (χ2n) is 6.20. The molecule has 0 spiro atoms. The Morgan fingerprint density at radius 3 is 2.63 bits per heavy atom. The number of imidazole rings is 1. The number of nitrogens with one attached hydrogen (secondary N) is 1. The minimum Gasteiger partial charge on any atom is -0.481 e. The van der Waals surface area contributed by atoms with Gasteiger partial charge in [-0.05, 0) is 22.0 Å². The van der Waals surface area contributed by atoms with Gasteiger partial charge in [0, 0.05) is 32.2 Å². The molecule has 0 aromatic carbocycles. The summed E-state index contributed by atoms with van der Waals surface area (Å²) in [6, 6.07) is 3.77. The van der Waals surface area contributed by atoms with Crippen molar-refractivity contribution >= 4 is 33.0 Å². The summed E-state index contributed by atoms with van der Waals surface area (Å²) in [6.45, 7) is 4.23.